The highest BCUT2D eigenvalue weighted by Gasteiger charge is 2.13. The Morgan fingerprint density at radius 3 is 2.71 bits per heavy atom. The van der Waals surface area contributed by atoms with Gasteiger partial charge in [-0.15, -0.1) is 0 Å². The molecule has 0 aliphatic rings. The van der Waals surface area contributed by atoms with Crippen LogP contribution in [-0.4, -0.2) is 10.3 Å². The van der Waals surface area contributed by atoms with E-state index in [1.165, 1.54) is 12.1 Å². The van der Waals surface area contributed by atoms with Crippen molar-refractivity contribution in [2.45, 2.75) is 13.8 Å². The van der Waals surface area contributed by atoms with E-state index in [4.69, 9.17) is 11.6 Å². The summed E-state index contributed by atoms with van der Waals surface area (Å²) in [5.74, 6) is 0.327. The van der Waals surface area contributed by atoms with E-state index in [2.05, 4.69) is 15.9 Å². The van der Waals surface area contributed by atoms with E-state index in [0.29, 0.717) is 21.8 Å². The van der Waals surface area contributed by atoms with E-state index >= 15 is 0 Å². The predicted molar refractivity (Wildman–Crippen MR) is 74.7 cm³/mol. The first-order valence-electron chi connectivity index (χ1n) is 5.16. The first-order chi connectivity index (χ1) is 7.95. The Bertz CT molecular complexity index is 458. The van der Waals surface area contributed by atoms with Gasteiger partial charge in [-0.3, -0.25) is 10.1 Å². The van der Waals surface area contributed by atoms with Gasteiger partial charge >= 0.3 is 0 Å². The van der Waals surface area contributed by atoms with E-state index in [0.717, 1.165) is 5.57 Å². The van der Waals surface area contributed by atoms with Gasteiger partial charge in [-0.25, -0.2) is 0 Å². The van der Waals surface area contributed by atoms with Crippen molar-refractivity contribution in [3.63, 3.8) is 0 Å². The maximum absolute atomic E-state index is 10.9. The third kappa shape index (κ3) is 3.82. The minimum Gasteiger partial charge on any atom is -0.258 e. The van der Waals surface area contributed by atoms with Gasteiger partial charge in [0.2, 0.25) is 0 Å². The molecule has 0 amide bonds. The first-order valence-corrected chi connectivity index (χ1v) is 6.66. The molecular weight excluding hydrogens is 305 g/mol. The highest BCUT2D eigenvalue weighted by molar-refractivity contribution is 9.09. The van der Waals surface area contributed by atoms with Gasteiger partial charge in [0.15, 0.2) is 0 Å². The summed E-state index contributed by atoms with van der Waals surface area (Å²) in [4.78, 5) is 10.5. The van der Waals surface area contributed by atoms with Gasteiger partial charge in [0.1, 0.15) is 0 Å². The number of alkyl halides is 1. The fraction of sp³-hybridized carbons (Fsp3) is 0.333. The summed E-state index contributed by atoms with van der Waals surface area (Å²) in [5, 5.41) is 12.1. The molecule has 0 aromatic heterocycles. The van der Waals surface area contributed by atoms with Crippen molar-refractivity contribution in [2.75, 3.05) is 5.33 Å². The zero-order chi connectivity index (χ0) is 13.0. The highest BCUT2D eigenvalue weighted by atomic mass is 79.9. The molecule has 0 aliphatic carbocycles. The van der Waals surface area contributed by atoms with Gasteiger partial charge in [0, 0.05) is 16.4 Å². The third-order valence-electron chi connectivity index (χ3n) is 2.42. The molecule has 92 valence electrons. The molecule has 0 heterocycles. The quantitative estimate of drug-likeness (QED) is 0.459. The van der Waals surface area contributed by atoms with Gasteiger partial charge in [-0.1, -0.05) is 47.0 Å². The zero-order valence-electron chi connectivity index (χ0n) is 9.61. The number of hydrogen-bond acceptors (Lipinski definition) is 2. The fourth-order valence-electron chi connectivity index (χ4n) is 1.37. The number of halogens is 2. The van der Waals surface area contributed by atoms with Crippen molar-refractivity contribution in [2.24, 2.45) is 5.92 Å². The molecule has 0 radical (unpaired) electrons. The van der Waals surface area contributed by atoms with E-state index in [1.807, 2.05) is 19.9 Å². The standard InChI is InChI=1S/C12H13BrClNO2/c1-8(2)10(7-13)5-9-6-11(14)3-4-12(9)15(16)17/h3-6,8H,7H2,1-2H3/b10-5+. The molecule has 1 rings (SSSR count). The Morgan fingerprint density at radius 2 is 2.24 bits per heavy atom. The van der Waals surface area contributed by atoms with Crippen LogP contribution in [0.4, 0.5) is 5.69 Å². The lowest BCUT2D eigenvalue weighted by molar-refractivity contribution is -0.385. The van der Waals surface area contributed by atoms with Gasteiger partial charge in [0.05, 0.1) is 10.5 Å². The fourth-order valence-corrected chi connectivity index (χ4v) is 2.36. The van der Waals surface area contributed by atoms with Crippen molar-refractivity contribution in [3.8, 4) is 0 Å². The second-order valence-electron chi connectivity index (χ2n) is 3.97. The van der Waals surface area contributed by atoms with Crippen molar-refractivity contribution >= 4 is 39.3 Å². The zero-order valence-corrected chi connectivity index (χ0v) is 12.0. The SMILES string of the molecule is CC(C)/C(=C/c1cc(Cl)ccc1[N+](=O)[O-])CBr. The number of nitro benzene ring substituents is 1. The maximum atomic E-state index is 10.9. The van der Waals surface area contributed by atoms with Crippen LogP contribution in [0.1, 0.15) is 19.4 Å². The van der Waals surface area contributed by atoms with Gasteiger partial charge in [-0.2, -0.15) is 0 Å². The Balaban J connectivity index is 3.28. The average Bonchev–Trinajstić information content (AvgIpc) is 2.25. The van der Waals surface area contributed by atoms with Gasteiger partial charge < -0.3 is 0 Å². The number of allylic oxidation sites excluding steroid dienone is 1. The van der Waals surface area contributed by atoms with Crippen LogP contribution in [0.15, 0.2) is 23.8 Å². The smallest absolute Gasteiger partial charge is 0.258 e. The van der Waals surface area contributed by atoms with Crippen molar-refractivity contribution in [3.05, 3.63) is 44.5 Å². The van der Waals surface area contributed by atoms with Crippen LogP contribution in [0.3, 0.4) is 0 Å². The number of benzene rings is 1. The van der Waals surface area contributed by atoms with Crippen LogP contribution in [0.25, 0.3) is 6.08 Å². The van der Waals surface area contributed by atoms with Gasteiger partial charge in [-0.05, 0) is 24.1 Å². The predicted octanol–water partition coefficient (Wildman–Crippen LogP) is 4.68. The highest BCUT2D eigenvalue weighted by Crippen LogP contribution is 2.27. The van der Waals surface area contributed by atoms with Crippen molar-refractivity contribution < 1.29 is 4.92 Å². The molecular formula is C12H13BrClNO2. The van der Waals surface area contributed by atoms with E-state index < -0.39 is 4.92 Å². The lowest BCUT2D eigenvalue weighted by Gasteiger charge is -2.08. The number of nitro groups is 1. The van der Waals surface area contributed by atoms with Crippen LogP contribution in [0, 0.1) is 16.0 Å². The molecule has 0 saturated heterocycles. The van der Waals surface area contributed by atoms with Crippen molar-refractivity contribution in [1.82, 2.24) is 0 Å². The summed E-state index contributed by atoms with van der Waals surface area (Å²) >= 11 is 9.25. The van der Waals surface area contributed by atoms with Crippen molar-refractivity contribution in [1.29, 1.82) is 0 Å². The molecule has 0 saturated carbocycles. The first kappa shape index (κ1) is 14.2. The topological polar surface area (TPSA) is 43.1 Å². The van der Waals surface area contributed by atoms with E-state index in [-0.39, 0.29) is 5.69 Å². The lowest BCUT2D eigenvalue weighted by atomic mass is 10.0. The van der Waals surface area contributed by atoms with Crippen LogP contribution in [-0.2, 0) is 0 Å². The molecule has 17 heavy (non-hydrogen) atoms. The summed E-state index contributed by atoms with van der Waals surface area (Å²) in [5.41, 5.74) is 1.72. The van der Waals surface area contributed by atoms with E-state index in [9.17, 15) is 10.1 Å². The Morgan fingerprint density at radius 1 is 1.59 bits per heavy atom. The molecule has 0 N–H and O–H groups in total. The molecule has 0 fully saturated rings. The molecule has 1 aromatic carbocycles. The maximum Gasteiger partial charge on any atom is 0.276 e. The van der Waals surface area contributed by atoms with Crippen LogP contribution >= 0.6 is 27.5 Å². The normalized spacial score (nSPS) is 11.9. The third-order valence-corrected chi connectivity index (χ3v) is 3.31. The summed E-state index contributed by atoms with van der Waals surface area (Å²) in [6.07, 6.45) is 1.82. The molecule has 0 spiro atoms. The summed E-state index contributed by atoms with van der Waals surface area (Å²) in [6.45, 7) is 4.09. The minimum absolute atomic E-state index is 0.0773. The molecule has 0 unspecified atom stereocenters. The van der Waals surface area contributed by atoms with Gasteiger partial charge in [0.25, 0.3) is 5.69 Å². The van der Waals surface area contributed by atoms with Crippen LogP contribution in [0.2, 0.25) is 5.02 Å². The largest absolute Gasteiger partial charge is 0.276 e. The monoisotopic (exact) mass is 317 g/mol. The summed E-state index contributed by atoms with van der Waals surface area (Å²) < 4.78 is 0. The Hall–Kier alpha value is -0.870. The molecule has 0 bridgehead atoms. The summed E-state index contributed by atoms with van der Waals surface area (Å²) in [6, 6.07) is 4.57. The average molecular weight is 319 g/mol. The molecule has 5 heteroatoms. The Labute approximate surface area is 114 Å². The number of hydrogen-bond donors (Lipinski definition) is 0. The molecule has 1 aromatic rings. The lowest BCUT2D eigenvalue weighted by Crippen LogP contribution is -1.97. The molecule has 0 atom stereocenters. The second-order valence-corrected chi connectivity index (χ2v) is 4.97. The van der Waals surface area contributed by atoms with Crippen LogP contribution < -0.4 is 0 Å². The number of nitrogens with zero attached hydrogens (tertiary/aromatic N) is 1. The minimum atomic E-state index is -0.395. The molecule has 3 nitrogen and oxygen atoms in total. The Kier molecular flexibility index (Phi) is 5.15. The number of rotatable bonds is 4. The summed E-state index contributed by atoms with van der Waals surface area (Å²) in [7, 11) is 0. The molecule has 0 aliphatic heterocycles. The van der Waals surface area contributed by atoms with Crippen LogP contribution in [0.5, 0.6) is 0 Å². The van der Waals surface area contributed by atoms with E-state index in [1.54, 1.807) is 6.07 Å². The second kappa shape index (κ2) is 6.17.